The van der Waals surface area contributed by atoms with E-state index in [0.717, 1.165) is 0 Å². The van der Waals surface area contributed by atoms with E-state index in [4.69, 9.17) is 4.75 Å². The predicted molar refractivity (Wildman–Crippen MR) is 21.6 cm³/mol. The van der Waals surface area contributed by atoms with E-state index in [-0.39, 0.29) is 17.1 Å². The minimum Gasteiger partial charge on any atom is 0 e. The smallest absolute Gasteiger partial charge is 0 e. The van der Waals surface area contributed by atoms with Crippen molar-refractivity contribution in [3.8, 4) is 0 Å². The molecular weight excluding hydrogens is 184 g/mol. The molecule has 0 saturated heterocycles. The molecule has 0 atom stereocenters. The van der Waals surface area contributed by atoms with Gasteiger partial charge >= 0.3 is 25.7 Å². The second-order valence-corrected chi connectivity index (χ2v) is 1.22. The first-order valence-electron chi connectivity index (χ1n) is 0.644. The van der Waals surface area contributed by atoms with Crippen LogP contribution in [0.15, 0.2) is 0 Å². The quantitative estimate of drug-likeness (QED) is 0.497. The van der Waals surface area contributed by atoms with Crippen molar-refractivity contribution in [3.63, 3.8) is 0 Å². The maximum absolute atomic E-state index is 4.91. The van der Waals surface area contributed by atoms with Crippen molar-refractivity contribution in [2.24, 2.45) is 4.75 Å². The summed E-state index contributed by atoms with van der Waals surface area (Å²) < 4.78 is 4.91. The van der Waals surface area contributed by atoms with E-state index < -0.39 is 0 Å². The van der Waals surface area contributed by atoms with Crippen molar-refractivity contribution in [2.45, 2.75) is 5.82 Å². The van der Waals surface area contributed by atoms with Crippen LogP contribution in [-0.4, -0.2) is 32.2 Å². The first-order chi connectivity index (χ1) is 1.41. The average molecular weight is 189 g/mol. The van der Waals surface area contributed by atoms with E-state index in [0.29, 0.717) is 15.2 Å². The van der Waals surface area contributed by atoms with Crippen LogP contribution in [0.25, 0.3) is 0 Å². The van der Waals surface area contributed by atoms with Crippen LogP contribution < -0.4 is 4.75 Å². The first-order valence-corrected chi connectivity index (χ1v) is 3.35. The molecule has 1 nitrogen and oxygen atoms in total. The summed E-state index contributed by atoms with van der Waals surface area (Å²) in [7, 11) is 0. The van der Waals surface area contributed by atoms with Crippen molar-refractivity contribution >= 4 is 32.2 Å². The van der Waals surface area contributed by atoms with E-state index in [1.54, 1.807) is 0 Å². The molecule has 0 amide bonds. The fourth-order valence-corrected chi connectivity index (χ4v) is 0. The largest absolute Gasteiger partial charge is 0 e. The Balaban J connectivity index is 0. The molecule has 0 heterocycles. The summed E-state index contributed by atoms with van der Waals surface area (Å²) >= 11 is 0.375. The molecule has 0 fully saturated rings. The number of hydrogen-bond acceptors (Lipinski definition) is 1. The van der Waals surface area contributed by atoms with Gasteiger partial charge in [0.25, 0.3) is 0 Å². The summed E-state index contributed by atoms with van der Waals surface area (Å²) in [5, 5.41) is 0. The van der Waals surface area contributed by atoms with E-state index in [9.17, 15) is 0 Å². The zero-order valence-corrected chi connectivity index (χ0v) is 5.82. The van der Waals surface area contributed by atoms with Crippen molar-refractivity contribution in [2.75, 3.05) is 0 Å². The van der Waals surface area contributed by atoms with Crippen molar-refractivity contribution in [1.29, 1.82) is 0 Å². The minimum absolute atomic E-state index is 0. The van der Waals surface area contributed by atoms with Crippen LogP contribution in [-0.2, 0) is 0 Å². The van der Waals surface area contributed by atoms with Gasteiger partial charge in [-0.3, -0.25) is 0 Å². The molecule has 0 spiro atoms. The van der Waals surface area contributed by atoms with Gasteiger partial charge in [-0.25, -0.2) is 0 Å². The Labute approximate surface area is 43.2 Å². The monoisotopic (exact) mass is 191 g/mol. The van der Waals surface area contributed by atoms with Gasteiger partial charge in [-0.05, 0) is 0 Å². The first kappa shape index (κ1) is 8.89. The maximum Gasteiger partial charge on any atom is 0 e. The zero-order chi connectivity index (χ0) is 2.71. The fourth-order valence-electron chi connectivity index (χ4n) is 0. The summed E-state index contributed by atoms with van der Waals surface area (Å²) in [5.41, 5.74) is 0. The van der Waals surface area contributed by atoms with E-state index in [2.05, 4.69) is 0 Å². The molecule has 0 aromatic carbocycles. The van der Waals surface area contributed by atoms with Gasteiger partial charge in [-0.1, -0.05) is 0 Å². The molecule has 4 heavy (non-hydrogen) atoms. The average Bonchev–Trinajstić information content (AvgIpc) is 0.918. The van der Waals surface area contributed by atoms with Gasteiger partial charge in [0.1, 0.15) is 0 Å². The van der Waals surface area contributed by atoms with Crippen LogP contribution in [0, 0.1) is 0 Å². The van der Waals surface area contributed by atoms with E-state index >= 15 is 0 Å². The number of rotatable bonds is 0. The molecule has 2 N–H and O–H groups in total. The van der Waals surface area contributed by atoms with Gasteiger partial charge in [0, 0.05) is 17.1 Å². The minimum atomic E-state index is 0. The van der Waals surface area contributed by atoms with Crippen LogP contribution in [0.2, 0.25) is 5.82 Å². The molecule has 0 aliphatic heterocycles. The second-order valence-electron chi connectivity index (χ2n) is 0.236. The van der Waals surface area contributed by atoms with Gasteiger partial charge < -0.3 is 0 Å². The molecule has 0 unspecified atom stereocenters. The third kappa shape index (κ3) is 12.0. The Morgan fingerprint density at radius 2 is 1.75 bits per heavy atom. The predicted octanol–water partition coefficient (Wildman–Crippen LogP) is -0.768. The molecule has 0 aromatic rings. The summed E-state index contributed by atoms with van der Waals surface area (Å²) in [6.45, 7) is 0. The van der Waals surface area contributed by atoms with E-state index in [1.807, 2.05) is 5.82 Å². The Bertz CT molecular complexity index is 6.00. The topological polar surface area (TPSA) is 26.0 Å². The van der Waals surface area contributed by atoms with Gasteiger partial charge in [0.2, 0.25) is 0 Å². The van der Waals surface area contributed by atoms with Crippen molar-refractivity contribution < 1.29 is 0 Å². The van der Waals surface area contributed by atoms with Crippen LogP contribution in [0.3, 0.4) is 0 Å². The third-order valence-corrected chi connectivity index (χ3v) is 0. The second kappa shape index (κ2) is 9.00. The molecule has 3 heteroatoms. The van der Waals surface area contributed by atoms with Gasteiger partial charge in [-0.15, -0.1) is 0 Å². The molecule has 0 aliphatic rings. The van der Waals surface area contributed by atoms with Crippen molar-refractivity contribution in [3.05, 3.63) is 0 Å². The van der Waals surface area contributed by atoms with E-state index in [1.165, 1.54) is 0 Å². The molecule has 2 radical (unpaired) electrons. The van der Waals surface area contributed by atoms with Gasteiger partial charge in [-0.2, -0.15) is 0 Å². The van der Waals surface area contributed by atoms with Crippen molar-refractivity contribution in [1.82, 2.24) is 0 Å². The summed E-state index contributed by atoms with van der Waals surface area (Å²) in [5.74, 6) is 1.97. The Hall–Kier alpha value is 0.999. The summed E-state index contributed by atoms with van der Waals surface area (Å²) in [6.07, 6.45) is 0. The Morgan fingerprint density at radius 3 is 1.75 bits per heavy atom. The van der Waals surface area contributed by atoms with Crippen LogP contribution in [0.1, 0.15) is 0 Å². The number of nitrogens with two attached hydrogens (primary N) is 1. The van der Waals surface area contributed by atoms with Crippen LogP contribution in [0.4, 0.5) is 0 Å². The van der Waals surface area contributed by atoms with Gasteiger partial charge in [0.15, 0.2) is 0 Å². The molecule has 0 aliphatic carbocycles. The van der Waals surface area contributed by atoms with Gasteiger partial charge in [0.05, 0.1) is 0 Å². The molecule has 26 valence electrons. The van der Waals surface area contributed by atoms with Crippen LogP contribution >= 0.6 is 0 Å². The summed E-state index contributed by atoms with van der Waals surface area (Å²) in [6, 6.07) is 0. The maximum atomic E-state index is 4.91. The normalized spacial score (nSPS) is 4.50. The Kier molecular flexibility index (Phi) is 20.0. The van der Waals surface area contributed by atoms with Crippen LogP contribution in [0.5, 0.6) is 0 Å². The Morgan fingerprint density at radius 1 is 1.75 bits per heavy atom. The zero-order valence-electron chi connectivity index (χ0n) is 2.39. The number of hydrogen-bond donors (Lipinski definition) is 1. The molecule has 0 saturated carbocycles. The standard InChI is InChI=1S/CH5NSe.Se/c1-3-2;/h2H2,1H3;. The third-order valence-electron chi connectivity index (χ3n) is 0. The molecule has 0 bridgehead atoms. The molecular formula is CH5NSe2. The molecule has 0 rings (SSSR count). The molecule has 0 aromatic heterocycles. The fraction of sp³-hybridized carbons (Fsp3) is 1.00. The SMILES string of the molecule is C[Se]N.[Se]. The summed E-state index contributed by atoms with van der Waals surface area (Å²) in [4.78, 5) is 0.